The van der Waals surface area contributed by atoms with Crippen molar-refractivity contribution in [1.29, 1.82) is 0 Å². The fraction of sp³-hybridized carbons (Fsp3) is 0.233. The first-order valence-electron chi connectivity index (χ1n) is 12.9. The van der Waals surface area contributed by atoms with Crippen molar-refractivity contribution in [3.05, 3.63) is 112 Å². The van der Waals surface area contributed by atoms with Crippen LogP contribution in [0.25, 0.3) is 11.1 Å². The first kappa shape index (κ1) is 32.3. The Hall–Kier alpha value is -4.62. The number of nitrogens with zero attached hydrogens (tertiary/aromatic N) is 1. The second-order valence-electron chi connectivity index (χ2n) is 9.84. The maximum atomic E-state index is 14.4. The summed E-state index contributed by atoms with van der Waals surface area (Å²) in [5.41, 5.74) is -2.98. The molecule has 1 aromatic heterocycles. The number of hydrogen-bond donors (Lipinski definition) is 2. The molecule has 0 fully saturated rings. The third-order valence-electron chi connectivity index (χ3n) is 6.77. The summed E-state index contributed by atoms with van der Waals surface area (Å²) in [4.78, 5) is 29.5. The van der Waals surface area contributed by atoms with Crippen LogP contribution in [0, 0.1) is 23.4 Å². The van der Waals surface area contributed by atoms with Crippen LogP contribution in [0.2, 0.25) is 0 Å². The van der Waals surface area contributed by atoms with E-state index in [-0.39, 0.29) is 40.4 Å². The van der Waals surface area contributed by atoms with Gasteiger partial charge in [-0.15, -0.1) is 0 Å². The number of rotatable bonds is 8. The lowest BCUT2D eigenvalue weighted by atomic mass is 9.93. The summed E-state index contributed by atoms with van der Waals surface area (Å²) < 4.78 is 123. The van der Waals surface area contributed by atoms with Crippen molar-refractivity contribution < 1.29 is 49.1 Å². The Balaban J connectivity index is 1.74. The Morgan fingerprint density at radius 3 is 2.23 bits per heavy atom. The van der Waals surface area contributed by atoms with Gasteiger partial charge in [-0.05, 0) is 54.0 Å². The quantitative estimate of drug-likeness (QED) is 0.267. The molecule has 2 aromatic carbocycles. The van der Waals surface area contributed by atoms with Crippen LogP contribution in [0.3, 0.4) is 0 Å². The van der Waals surface area contributed by atoms with Crippen LogP contribution < -0.4 is 10.6 Å². The van der Waals surface area contributed by atoms with E-state index >= 15 is 0 Å². The van der Waals surface area contributed by atoms with Crippen molar-refractivity contribution in [3.8, 4) is 11.1 Å². The zero-order valence-corrected chi connectivity index (χ0v) is 22.6. The molecule has 14 heteroatoms. The molecule has 2 amide bonds. The summed E-state index contributed by atoms with van der Waals surface area (Å²) in [5, 5.41) is 4.72. The first-order chi connectivity index (χ1) is 20.6. The molecule has 0 bridgehead atoms. The van der Waals surface area contributed by atoms with E-state index in [0.717, 1.165) is 18.2 Å². The summed E-state index contributed by atoms with van der Waals surface area (Å²) in [6.45, 7) is 0. The number of carbonyl (C=O) groups excluding carboxylic acids is 2. The molecular weight excluding hydrogens is 605 g/mol. The van der Waals surface area contributed by atoms with Crippen molar-refractivity contribution in [3.63, 3.8) is 0 Å². The predicted octanol–water partition coefficient (Wildman–Crippen LogP) is 6.92. The van der Waals surface area contributed by atoms with Crippen LogP contribution in [0.1, 0.15) is 34.1 Å². The number of halogens is 9. The molecule has 0 saturated heterocycles. The normalized spacial score (nSPS) is 15.8. The molecule has 1 unspecified atom stereocenters. The minimum atomic E-state index is -5.16. The third kappa shape index (κ3) is 7.47. The van der Waals surface area contributed by atoms with Gasteiger partial charge in [0, 0.05) is 42.8 Å². The molecule has 0 spiro atoms. The topological polar surface area (TPSA) is 71.1 Å². The molecular formula is C30H22F9N3O2. The van der Waals surface area contributed by atoms with Crippen molar-refractivity contribution in [1.82, 2.24) is 15.6 Å². The number of nitrogens with one attached hydrogen (secondary N) is 2. The average Bonchev–Trinajstić information content (AvgIpc) is 3.37. The molecule has 0 saturated carbocycles. The number of alkyl halides is 6. The lowest BCUT2D eigenvalue weighted by molar-refractivity contribution is -0.123. The van der Waals surface area contributed by atoms with Gasteiger partial charge in [-0.1, -0.05) is 18.2 Å². The van der Waals surface area contributed by atoms with Gasteiger partial charge in [0.2, 0.25) is 5.91 Å². The van der Waals surface area contributed by atoms with E-state index in [4.69, 9.17) is 0 Å². The molecule has 232 valence electrons. The average molecular weight is 628 g/mol. The lowest BCUT2D eigenvalue weighted by Gasteiger charge is -2.23. The van der Waals surface area contributed by atoms with Gasteiger partial charge < -0.3 is 10.6 Å². The molecule has 1 aliphatic carbocycles. The second kappa shape index (κ2) is 12.5. The zero-order valence-electron chi connectivity index (χ0n) is 22.6. The molecule has 4 rings (SSSR count). The summed E-state index contributed by atoms with van der Waals surface area (Å²) in [7, 11) is 1.28. The van der Waals surface area contributed by atoms with Crippen LogP contribution in [0.15, 0.2) is 78.0 Å². The SMILES string of the molecule is CNC(=O)c1cc(-c2cccnc2[C@H](Cc2cc(F)cc(F)c2)NC(=O)CC2C=C(C(F)(F)F)C=C2C(F)(F)F)ccc1F. The van der Waals surface area contributed by atoms with Gasteiger partial charge in [0.15, 0.2) is 0 Å². The third-order valence-corrected chi connectivity index (χ3v) is 6.77. The number of allylic oxidation sites excluding steroid dienone is 4. The molecule has 1 aliphatic rings. The van der Waals surface area contributed by atoms with Gasteiger partial charge in [-0.3, -0.25) is 14.6 Å². The van der Waals surface area contributed by atoms with Crippen LogP contribution in [0.5, 0.6) is 0 Å². The molecule has 2 N–H and O–H groups in total. The number of carbonyl (C=O) groups is 2. The highest BCUT2D eigenvalue weighted by molar-refractivity contribution is 5.95. The number of benzene rings is 2. The molecule has 0 aliphatic heterocycles. The van der Waals surface area contributed by atoms with Crippen molar-refractivity contribution in [2.45, 2.75) is 31.2 Å². The largest absolute Gasteiger partial charge is 0.416 e. The molecule has 5 nitrogen and oxygen atoms in total. The van der Waals surface area contributed by atoms with E-state index in [1.807, 2.05) is 0 Å². The smallest absolute Gasteiger partial charge is 0.355 e. The monoisotopic (exact) mass is 627 g/mol. The fourth-order valence-corrected chi connectivity index (χ4v) is 4.84. The molecule has 2 atom stereocenters. The minimum Gasteiger partial charge on any atom is -0.355 e. The Morgan fingerprint density at radius 1 is 0.932 bits per heavy atom. The molecule has 0 radical (unpaired) electrons. The maximum absolute atomic E-state index is 14.4. The zero-order chi connectivity index (χ0) is 32.4. The van der Waals surface area contributed by atoms with Gasteiger partial charge in [0.05, 0.1) is 22.9 Å². The summed E-state index contributed by atoms with van der Waals surface area (Å²) in [6.07, 6.45) is -10.1. The molecule has 44 heavy (non-hydrogen) atoms. The first-order valence-corrected chi connectivity index (χ1v) is 12.9. The van der Waals surface area contributed by atoms with E-state index in [1.165, 1.54) is 37.5 Å². The Morgan fingerprint density at radius 2 is 1.61 bits per heavy atom. The van der Waals surface area contributed by atoms with Crippen molar-refractivity contribution in [2.75, 3.05) is 7.05 Å². The van der Waals surface area contributed by atoms with Gasteiger partial charge in [0.1, 0.15) is 17.5 Å². The van der Waals surface area contributed by atoms with Crippen LogP contribution in [-0.4, -0.2) is 36.2 Å². The molecule has 3 aromatic rings. The number of amides is 2. The second-order valence-corrected chi connectivity index (χ2v) is 9.84. The van der Waals surface area contributed by atoms with Gasteiger partial charge >= 0.3 is 12.4 Å². The fourth-order valence-electron chi connectivity index (χ4n) is 4.84. The highest BCUT2D eigenvalue weighted by atomic mass is 19.4. The van der Waals surface area contributed by atoms with E-state index in [0.29, 0.717) is 12.1 Å². The number of pyridine rings is 1. The van der Waals surface area contributed by atoms with E-state index in [9.17, 15) is 49.1 Å². The van der Waals surface area contributed by atoms with Gasteiger partial charge in [0.25, 0.3) is 5.91 Å². The highest BCUT2D eigenvalue weighted by Crippen LogP contribution is 2.43. The Kier molecular flexibility index (Phi) is 9.21. The number of aromatic nitrogens is 1. The maximum Gasteiger partial charge on any atom is 0.416 e. The van der Waals surface area contributed by atoms with Gasteiger partial charge in [-0.25, -0.2) is 13.2 Å². The summed E-state index contributed by atoms with van der Waals surface area (Å²) in [5.74, 6) is -6.62. The summed E-state index contributed by atoms with van der Waals surface area (Å²) in [6, 6.07) is 7.64. The Bertz CT molecular complexity index is 1630. The highest BCUT2D eigenvalue weighted by Gasteiger charge is 2.46. The predicted molar refractivity (Wildman–Crippen MR) is 140 cm³/mol. The minimum absolute atomic E-state index is 0.00514. The van der Waals surface area contributed by atoms with Gasteiger partial charge in [-0.2, -0.15) is 26.3 Å². The Labute approximate surface area is 244 Å². The number of hydrogen-bond acceptors (Lipinski definition) is 3. The lowest BCUT2D eigenvalue weighted by Crippen LogP contribution is -2.33. The van der Waals surface area contributed by atoms with E-state index < -0.39 is 71.1 Å². The van der Waals surface area contributed by atoms with Crippen molar-refractivity contribution in [2.24, 2.45) is 5.92 Å². The van der Waals surface area contributed by atoms with Crippen LogP contribution in [-0.2, 0) is 11.2 Å². The van der Waals surface area contributed by atoms with E-state index in [1.54, 1.807) is 0 Å². The van der Waals surface area contributed by atoms with Crippen LogP contribution >= 0.6 is 0 Å². The standard InChI is InChI=1S/C30H22F9N3O2/c1-40-28(44)22-11-16(4-5-24(22)33)21-3-2-6-41-27(21)25(9-15-7-19(31)14-20(32)8-15)42-26(43)12-17-10-18(29(34,35)36)13-23(17)30(37,38)39/h2-8,10-11,13-14,17,25H,9,12H2,1H3,(H,40,44)(H,42,43)/t17?,25-/m0/s1. The van der Waals surface area contributed by atoms with E-state index in [2.05, 4.69) is 15.6 Å². The molecule has 1 heterocycles. The summed E-state index contributed by atoms with van der Waals surface area (Å²) >= 11 is 0. The van der Waals surface area contributed by atoms with Crippen LogP contribution in [0.4, 0.5) is 39.5 Å². The van der Waals surface area contributed by atoms with Crippen molar-refractivity contribution >= 4 is 11.8 Å².